The first kappa shape index (κ1) is 17.7. The molecule has 0 saturated heterocycles. The summed E-state index contributed by atoms with van der Waals surface area (Å²) in [5, 5.41) is 2.66. The molecule has 0 heterocycles. The molecule has 1 atom stereocenters. The molecule has 2 aromatic rings. The van der Waals surface area contributed by atoms with Gasteiger partial charge < -0.3 is 5.32 Å². The van der Waals surface area contributed by atoms with Crippen molar-refractivity contribution in [1.82, 2.24) is 5.32 Å². The summed E-state index contributed by atoms with van der Waals surface area (Å²) in [5.41, 5.74) is 0.219. The van der Waals surface area contributed by atoms with Gasteiger partial charge in [-0.1, -0.05) is 24.3 Å². The van der Waals surface area contributed by atoms with Gasteiger partial charge in [-0.15, -0.1) is 0 Å². The lowest BCUT2D eigenvalue weighted by atomic mass is 10.1. The summed E-state index contributed by atoms with van der Waals surface area (Å²) in [6.07, 6.45) is -1.96. The van der Waals surface area contributed by atoms with Crippen molar-refractivity contribution in [2.75, 3.05) is 0 Å². The number of nitrogens with one attached hydrogen (secondary N) is 1. The second-order valence-electron chi connectivity index (χ2n) is 5.24. The van der Waals surface area contributed by atoms with Crippen LogP contribution in [0.5, 0.6) is 0 Å². The Bertz CT molecular complexity index is 735. The molecule has 2 nitrogen and oxygen atoms in total. The smallest absolute Gasteiger partial charge is 0.346 e. The summed E-state index contributed by atoms with van der Waals surface area (Å²) >= 11 is 0. The maximum absolute atomic E-state index is 12.9. The van der Waals surface area contributed by atoms with Gasteiger partial charge in [-0.05, 0) is 48.4 Å². The lowest BCUT2D eigenvalue weighted by Crippen LogP contribution is -2.24. The Labute approximate surface area is 136 Å². The quantitative estimate of drug-likeness (QED) is 0.634. The lowest BCUT2D eigenvalue weighted by molar-refractivity contribution is -0.137. The Morgan fingerprint density at radius 1 is 1.12 bits per heavy atom. The zero-order chi connectivity index (χ0) is 17.7. The van der Waals surface area contributed by atoms with Crippen molar-refractivity contribution in [3.8, 4) is 0 Å². The van der Waals surface area contributed by atoms with Crippen LogP contribution >= 0.6 is 0 Å². The van der Waals surface area contributed by atoms with Crippen LogP contribution in [0, 0.1) is 5.82 Å². The molecule has 6 heteroatoms. The first-order valence-corrected chi connectivity index (χ1v) is 7.17. The fraction of sp³-hybridized carbons (Fsp3) is 0.167. The number of amides is 1. The summed E-state index contributed by atoms with van der Waals surface area (Å²) in [6.45, 7) is 1.73. The third-order valence-corrected chi connectivity index (χ3v) is 3.37. The second-order valence-corrected chi connectivity index (χ2v) is 5.24. The summed E-state index contributed by atoms with van der Waals surface area (Å²) in [5.74, 6) is -0.828. The van der Waals surface area contributed by atoms with Gasteiger partial charge in [0, 0.05) is 6.08 Å². The molecule has 0 bridgehead atoms. The molecule has 0 aliphatic rings. The average Bonchev–Trinajstić information content (AvgIpc) is 2.53. The highest BCUT2D eigenvalue weighted by molar-refractivity contribution is 5.92. The number of alkyl halides is 3. The minimum absolute atomic E-state index is 0.273. The molecule has 0 saturated carbocycles. The zero-order valence-electron chi connectivity index (χ0n) is 12.8. The van der Waals surface area contributed by atoms with Crippen molar-refractivity contribution < 1.29 is 22.4 Å². The monoisotopic (exact) mass is 337 g/mol. The third kappa shape index (κ3) is 4.94. The van der Waals surface area contributed by atoms with Crippen molar-refractivity contribution >= 4 is 12.0 Å². The second kappa shape index (κ2) is 7.29. The van der Waals surface area contributed by atoms with Crippen LogP contribution in [0.25, 0.3) is 6.08 Å². The fourth-order valence-electron chi connectivity index (χ4n) is 2.09. The summed E-state index contributed by atoms with van der Waals surface area (Å²) in [7, 11) is 0. The minimum Gasteiger partial charge on any atom is -0.346 e. The summed E-state index contributed by atoms with van der Waals surface area (Å²) in [4.78, 5) is 11.9. The standard InChI is InChI=1S/C18H15F4NO/c1-12(14-6-8-16(19)9-7-14)23-17(24)10-5-13-3-2-4-15(11-13)18(20,21)22/h2-12H,1H3,(H,23,24)/b10-5+/t12-/m0/s1. The Morgan fingerprint density at radius 3 is 2.42 bits per heavy atom. The van der Waals surface area contributed by atoms with E-state index in [0.717, 1.165) is 23.8 Å². The van der Waals surface area contributed by atoms with Gasteiger partial charge >= 0.3 is 6.18 Å². The Balaban J connectivity index is 2.01. The SMILES string of the molecule is C[C@H](NC(=O)/C=C/c1cccc(C(F)(F)F)c1)c1ccc(F)cc1. The van der Waals surface area contributed by atoms with Gasteiger partial charge in [0.1, 0.15) is 5.82 Å². The molecule has 126 valence electrons. The Morgan fingerprint density at radius 2 is 1.79 bits per heavy atom. The highest BCUT2D eigenvalue weighted by Crippen LogP contribution is 2.29. The van der Waals surface area contributed by atoms with Crippen LogP contribution in [0.2, 0.25) is 0 Å². The average molecular weight is 337 g/mol. The van der Waals surface area contributed by atoms with E-state index in [1.54, 1.807) is 19.1 Å². The highest BCUT2D eigenvalue weighted by Gasteiger charge is 2.30. The van der Waals surface area contributed by atoms with Crippen molar-refractivity contribution in [2.24, 2.45) is 0 Å². The van der Waals surface area contributed by atoms with Crippen LogP contribution in [0.3, 0.4) is 0 Å². The number of benzene rings is 2. The van der Waals surface area contributed by atoms with E-state index in [9.17, 15) is 22.4 Å². The molecule has 0 aliphatic carbocycles. The number of carbonyl (C=O) groups excluding carboxylic acids is 1. The predicted octanol–water partition coefficient (Wildman–Crippen LogP) is 4.74. The number of rotatable bonds is 4. The third-order valence-electron chi connectivity index (χ3n) is 3.37. The van der Waals surface area contributed by atoms with E-state index in [0.29, 0.717) is 0 Å². The van der Waals surface area contributed by atoms with Gasteiger partial charge in [-0.25, -0.2) is 4.39 Å². The van der Waals surface area contributed by atoms with E-state index in [4.69, 9.17) is 0 Å². The van der Waals surface area contributed by atoms with Crippen LogP contribution in [0.15, 0.2) is 54.6 Å². The number of hydrogen-bond donors (Lipinski definition) is 1. The van der Waals surface area contributed by atoms with Crippen LogP contribution < -0.4 is 5.32 Å². The van der Waals surface area contributed by atoms with Crippen molar-refractivity contribution in [3.63, 3.8) is 0 Å². The predicted molar refractivity (Wildman–Crippen MR) is 83.4 cm³/mol. The van der Waals surface area contributed by atoms with E-state index in [1.807, 2.05) is 0 Å². The molecule has 24 heavy (non-hydrogen) atoms. The van der Waals surface area contributed by atoms with Crippen LogP contribution in [0.1, 0.15) is 29.7 Å². The molecule has 0 unspecified atom stereocenters. The van der Waals surface area contributed by atoms with E-state index in [-0.39, 0.29) is 17.4 Å². The van der Waals surface area contributed by atoms with Crippen LogP contribution in [0.4, 0.5) is 17.6 Å². The van der Waals surface area contributed by atoms with Crippen LogP contribution in [-0.2, 0) is 11.0 Å². The largest absolute Gasteiger partial charge is 0.416 e. The fourth-order valence-corrected chi connectivity index (χ4v) is 2.09. The van der Waals surface area contributed by atoms with E-state index in [2.05, 4.69) is 5.32 Å². The Hall–Kier alpha value is -2.63. The minimum atomic E-state index is -4.43. The van der Waals surface area contributed by atoms with Gasteiger partial charge in [0.25, 0.3) is 0 Å². The van der Waals surface area contributed by atoms with Crippen molar-refractivity contribution in [2.45, 2.75) is 19.1 Å². The van der Waals surface area contributed by atoms with E-state index >= 15 is 0 Å². The number of hydrogen-bond acceptors (Lipinski definition) is 1. The molecule has 2 aromatic carbocycles. The molecule has 1 amide bonds. The maximum atomic E-state index is 12.9. The zero-order valence-corrected chi connectivity index (χ0v) is 12.8. The topological polar surface area (TPSA) is 29.1 Å². The van der Waals surface area contributed by atoms with Gasteiger partial charge in [-0.2, -0.15) is 13.2 Å². The van der Waals surface area contributed by atoms with Gasteiger partial charge in [-0.3, -0.25) is 4.79 Å². The Kier molecular flexibility index (Phi) is 5.39. The van der Waals surface area contributed by atoms with E-state index < -0.39 is 17.6 Å². The normalized spacial score (nSPS) is 13.0. The van der Waals surface area contributed by atoms with Crippen molar-refractivity contribution in [3.05, 3.63) is 77.1 Å². The summed E-state index contributed by atoms with van der Waals surface area (Å²) in [6, 6.07) is 10.0. The van der Waals surface area contributed by atoms with Crippen LogP contribution in [-0.4, -0.2) is 5.91 Å². The molecular formula is C18H15F4NO. The molecule has 2 rings (SSSR count). The molecule has 0 aliphatic heterocycles. The lowest BCUT2D eigenvalue weighted by Gasteiger charge is -2.12. The van der Waals surface area contributed by atoms with Gasteiger partial charge in [0.15, 0.2) is 0 Å². The van der Waals surface area contributed by atoms with Gasteiger partial charge in [0.2, 0.25) is 5.91 Å². The summed E-state index contributed by atoms with van der Waals surface area (Å²) < 4.78 is 50.7. The highest BCUT2D eigenvalue weighted by atomic mass is 19.4. The first-order valence-electron chi connectivity index (χ1n) is 7.17. The maximum Gasteiger partial charge on any atom is 0.416 e. The molecule has 0 spiro atoms. The van der Waals surface area contributed by atoms with Gasteiger partial charge in [0.05, 0.1) is 11.6 Å². The van der Waals surface area contributed by atoms with Crippen molar-refractivity contribution in [1.29, 1.82) is 0 Å². The molecule has 0 radical (unpaired) electrons. The molecule has 0 aromatic heterocycles. The first-order chi connectivity index (χ1) is 11.3. The molecule has 0 fully saturated rings. The number of carbonyl (C=O) groups is 1. The van der Waals surface area contributed by atoms with E-state index in [1.165, 1.54) is 30.3 Å². The molecular weight excluding hydrogens is 322 g/mol. The molecule has 1 N–H and O–H groups in total. The number of halogens is 4.